The number of halogens is 3. The summed E-state index contributed by atoms with van der Waals surface area (Å²) in [7, 11) is 1.92. The second-order valence-corrected chi connectivity index (χ2v) is 7.90. The maximum atomic E-state index is 14.3. The van der Waals surface area contributed by atoms with Crippen LogP contribution in [-0.4, -0.2) is 24.3 Å². The van der Waals surface area contributed by atoms with Crippen LogP contribution in [-0.2, 0) is 19.2 Å². The van der Waals surface area contributed by atoms with E-state index < -0.39 is 23.0 Å². The highest BCUT2D eigenvalue weighted by Gasteiger charge is 2.33. The van der Waals surface area contributed by atoms with Crippen LogP contribution in [0, 0.1) is 11.6 Å². The molecule has 0 radical (unpaired) electrons. The molecule has 0 N–H and O–H groups in total. The third-order valence-electron chi connectivity index (χ3n) is 4.91. The van der Waals surface area contributed by atoms with Gasteiger partial charge in [0.2, 0.25) is 0 Å². The maximum Gasteiger partial charge on any atom is 0.192 e. The molecule has 0 saturated heterocycles. The zero-order chi connectivity index (χ0) is 21.6. The van der Waals surface area contributed by atoms with Gasteiger partial charge in [-0.1, -0.05) is 11.6 Å². The summed E-state index contributed by atoms with van der Waals surface area (Å²) in [5.74, 6) is -1.19. The fraction of sp³-hybridized carbons (Fsp3) is 0.286. The molecule has 0 aliphatic carbocycles. The van der Waals surface area contributed by atoms with Gasteiger partial charge in [-0.2, -0.15) is 0 Å². The van der Waals surface area contributed by atoms with E-state index in [1.165, 1.54) is 0 Å². The van der Waals surface area contributed by atoms with Gasteiger partial charge in [0.05, 0.1) is 17.4 Å². The van der Waals surface area contributed by atoms with Crippen molar-refractivity contribution < 1.29 is 13.5 Å². The normalized spacial score (nSPS) is 12.0. The Morgan fingerprint density at radius 2 is 1.80 bits per heavy atom. The van der Waals surface area contributed by atoms with Crippen LogP contribution >= 0.6 is 11.6 Å². The fourth-order valence-corrected chi connectivity index (χ4v) is 3.65. The Kier molecular flexibility index (Phi) is 4.97. The van der Waals surface area contributed by atoms with Gasteiger partial charge < -0.3 is 13.9 Å². The highest BCUT2D eigenvalue weighted by atomic mass is 35.5. The number of rotatable bonds is 5. The Hall–Kier alpha value is -3.00. The largest absolute Gasteiger partial charge is 0.474 e. The van der Waals surface area contributed by atoms with E-state index in [-0.39, 0.29) is 5.02 Å². The Morgan fingerprint density at radius 1 is 1.10 bits per heavy atom. The van der Waals surface area contributed by atoms with E-state index in [1.54, 1.807) is 20.2 Å². The molecule has 0 aliphatic heterocycles. The molecular formula is C21H20ClF2N5O. The molecule has 156 valence electrons. The van der Waals surface area contributed by atoms with Crippen LogP contribution < -0.4 is 4.74 Å². The Balaban J connectivity index is 1.76. The van der Waals surface area contributed by atoms with Crippen LogP contribution in [0.5, 0.6) is 5.75 Å². The van der Waals surface area contributed by atoms with Crippen LogP contribution in [0.4, 0.5) is 8.78 Å². The molecule has 9 heteroatoms. The summed E-state index contributed by atoms with van der Waals surface area (Å²) in [5.41, 5.74) is 1.53. The van der Waals surface area contributed by atoms with E-state index in [1.807, 2.05) is 41.3 Å². The molecule has 0 aliphatic rings. The quantitative estimate of drug-likeness (QED) is 0.441. The van der Waals surface area contributed by atoms with Crippen LogP contribution in [0.15, 0.2) is 36.7 Å². The SMILES string of the molecule is CCn1c(-c2ccc3ncn(C)c3c2)nnc1C(C)(C)Oc1c(F)cc(Cl)cc1F. The highest BCUT2D eigenvalue weighted by Crippen LogP contribution is 2.34. The summed E-state index contributed by atoms with van der Waals surface area (Å²) in [5, 5.41) is 8.59. The molecule has 4 rings (SSSR count). The number of aryl methyl sites for hydroxylation is 1. The lowest BCUT2D eigenvalue weighted by molar-refractivity contribution is 0.0827. The lowest BCUT2D eigenvalue weighted by atomic mass is 10.1. The van der Waals surface area contributed by atoms with Gasteiger partial charge in [-0.05, 0) is 51.1 Å². The lowest BCUT2D eigenvalue weighted by Gasteiger charge is -2.26. The van der Waals surface area contributed by atoms with Crippen LogP contribution in [0.1, 0.15) is 26.6 Å². The van der Waals surface area contributed by atoms with E-state index in [0.29, 0.717) is 18.2 Å². The number of imidazole rings is 1. The second-order valence-electron chi connectivity index (χ2n) is 7.46. The van der Waals surface area contributed by atoms with Crippen LogP contribution in [0.25, 0.3) is 22.4 Å². The zero-order valence-electron chi connectivity index (χ0n) is 16.9. The number of fused-ring (bicyclic) bond motifs is 1. The van der Waals surface area contributed by atoms with Crippen molar-refractivity contribution in [1.29, 1.82) is 0 Å². The molecule has 0 atom stereocenters. The average Bonchev–Trinajstić information content (AvgIpc) is 3.28. The first-order valence-corrected chi connectivity index (χ1v) is 9.77. The number of hydrogen-bond acceptors (Lipinski definition) is 4. The van der Waals surface area contributed by atoms with Crippen molar-refractivity contribution in [1.82, 2.24) is 24.3 Å². The third kappa shape index (κ3) is 3.41. The third-order valence-corrected chi connectivity index (χ3v) is 5.13. The minimum atomic E-state index is -1.16. The number of nitrogens with zero attached hydrogens (tertiary/aromatic N) is 5. The molecular weight excluding hydrogens is 412 g/mol. The van der Waals surface area contributed by atoms with Crippen molar-refractivity contribution in [2.45, 2.75) is 32.9 Å². The Morgan fingerprint density at radius 3 is 2.47 bits per heavy atom. The van der Waals surface area contributed by atoms with Gasteiger partial charge in [-0.15, -0.1) is 10.2 Å². The standard InChI is InChI=1S/C21H20ClF2N5O/c1-5-29-19(12-6-7-16-17(8-12)28(4)11-25-16)26-27-20(29)21(2,3)30-18-14(23)9-13(22)10-15(18)24/h6-11H,5H2,1-4H3. The summed E-state index contributed by atoms with van der Waals surface area (Å²) < 4.78 is 38.0. The molecule has 30 heavy (non-hydrogen) atoms. The van der Waals surface area contributed by atoms with Gasteiger partial charge in [0.1, 0.15) is 0 Å². The minimum absolute atomic E-state index is 0.0419. The summed E-state index contributed by atoms with van der Waals surface area (Å²) in [6, 6.07) is 7.83. The fourth-order valence-electron chi connectivity index (χ4n) is 3.45. The second kappa shape index (κ2) is 7.36. The molecule has 4 aromatic rings. The van der Waals surface area contributed by atoms with Crippen molar-refractivity contribution >= 4 is 22.6 Å². The summed E-state index contributed by atoms with van der Waals surface area (Å²) in [6.45, 7) is 5.85. The van der Waals surface area contributed by atoms with Crippen molar-refractivity contribution in [2.24, 2.45) is 7.05 Å². The molecule has 6 nitrogen and oxygen atoms in total. The molecule has 0 spiro atoms. The summed E-state index contributed by atoms with van der Waals surface area (Å²) in [4.78, 5) is 4.33. The first kappa shape index (κ1) is 20.3. The molecule has 0 fully saturated rings. The lowest BCUT2D eigenvalue weighted by Crippen LogP contribution is -2.30. The Bertz CT molecular complexity index is 1220. The van der Waals surface area contributed by atoms with E-state index in [9.17, 15) is 8.78 Å². The predicted molar refractivity (Wildman–Crippen MR) is 110 cm³/mol. The molecule has 0 bridgehead atoms. The van der Waals surface area contributed by atoms with Crippen molar-refractivity contribution in [2.75, 3.05) is 0 Å². The van der Waals surface area contributed by atoms with Gasteiger partial charge in [0, 0.05) is 24.2 Å². The predicted octanol–water partition coefficient (Wildman–Crippen LogP) is 5.10. The van der Waals surface area contributed by atoms with Crippen molar-refractivity contribution in [3.05, 3.63) is 59.1 Å². The minimum Gasteiger partial charge on any atom is -0.474 e. The van der Waals surface area contributed by atoms with E-state index in [2.05, 4.69) is 15.2 Å². The average molecular weight is 432 g/mol. The van der Waals surface area contributed by atoms with Crippen LogP contribution in [0.2, 0.25) is 5.02 Å². The Labute approximate surface area is 177 Å². The van der Waals surface area contributed by atoms with E-state index in [0.717, 1.165) is 28.7 Å². The number of benzene rings is 2. The van der Waals surface area contributed by atoms with E-state index in [4.69, 9.17) is 16.3 Å². The molecule has 2 heterocycles. The van der Waals surface area contributed by atoms with Gasteiger partial charge in [-0.3, -0.25) is 0 Å². The molecule has 2 aromatic heterocycles. The first-order chi connectivity index (χ1) is 14.2. The zero-order valence-corrected chi connectivity index (χ0v) is 17.7. The van der Waals surface area contributed by atoms with Crippen molar-refractivity contribution in [3.8, 4) is 17.1 Å². The first-order valence-electron chi connectivity index (χ1n) is 9.40. The van der Waals surface area contributed by atoms with Gasteiger partial charge in [0.25, 0.3) is 0 Å². The van der Waals surface area contributed by atoms with Gasteiger partial charge in [0.15, 0.2) is 34.6 Å². The number of aromatic nitrogens is 5. The maximum absolute atomic E-state index is 14.3. The number of ether oxygens (including phenoxy) is 1. The smallest absolute Gasteiger partial charge is 0.192 e. The summed E-state index contributed by atoms with van der Waals surface area (Å²) >= 11 is 5.71. The molecule has 2 aromatic carbocycles. The molecule has 0 saturated carbocycles. The molecule has 0 unspecified atom stereocenters. The van der Waals surface area contributed by atoms with Crippen molar-refractivity contribution in [3.63, 3.8) is 0 Å². The summed E-state index contributed by atoms with van der Waals surface area (Å²) in [6.07, 6.45) is 1.75. The molecule has 0 amide bonds. The van der Waals surface area contributed by atoms with Crippen LogP contribution in [0.3, 0.4) is 0 Å². The van der Waals surface area contributed by atoms with E-state index >= 15 is 0 Å². The topological polar surface area (TPSA) is 57.8 Å². The number of hydrogen-bond donors (Lipinski definition) is 0. The highest BCUT2D eigenvalue weighted by molar-refractivity contribution is 6.30. The van der Waals surface area contributed by atoms with Gasteiger partial charge in [-0.25, -0.2) is 13.8 Å². The van der Waals surface area contributed by atoms with Gasteiger partial charge >= 0.3 is 0 Å². The monoisotopic (exact) mass is 431 g/mol.